The fourth-order valence-corrected chi connectivity index (χ4v) is 6.31. The molecule has 3 aromatic carbocycles. The quantitative estimate of drug-likeness (QED) is 0.143. The molecule has 3 unspecified atom stereocenters. The molecule has 6 nitrogen and oxygen atoms in total. The van der Waals surface area contributed by atoms with Crippen molar-refractivity contribution in [2.45, 2.75) is 57.3 Å². The van der Waals surface area contributed by atoms with Crippen LogP contribution in [0.25, 0.3) is 0 Å². The van der Waals surface area contributed by atoms with Gasteiger partial charge in [0.15, 0.2) is 11.5 Å². The topological polar surface area (TPSA) is 76.2 Å². The van der Waals surface area contributed by atoms with Crippen molar-refractivity contribution in [3.63, 3.8) is 0 Å². The molecule has 43 heavy (non-hydrogen) atoms. The zero-order valence-corrected chi connectivity index (χ0v) is 27.4. The molecule has 0 radical (unpaired) electrons. The number of carbonyl (C=O) groups is 1. The van der Waals surface area contributed by atoms with Crippen LogP contribution in [0, 0.1) is 19.8 Å². The molecule has 9 heteroatoms. The minimum Gasteiger partial charge on any atom is -0.493 e. The Bertz CT molecular complexity index is 1490. The van der Waals surface area contributed by atoms with Gasteiger partial charge in [-0.15, -0.1) is 23.2 Å². The number of imidazole rings is 1. The Morgan fingerprint density at radius 2 is 1.56 bits per heavy atom. The van der Waals surface area contributed by atoms with E-state index in [1.165, 1.54) is 0 Å². The van der Waals surface area contributed by atoms with Crippen LogP contribution >= 0.6 is 34.8 Å². The molecule has 1 aromatic heterocycles. The number of aromatic amines is 1. The van der Waals surface area contributed by atoms with Crippen molar-refractivity contribution in [2.24, 2.45) is 5.92 Å². The molecule has 3 atom stereocenters. The van der Waals surface area contributed by atoms with Crippen molar-refractivity contribution in [2.75, 3.05) is 14.2 Å². The Balaban J connectivity index is 1.44. The number of H-pyrrole nitrogens is 1. The Hall–Kier alpha value is -3.19. The van der Waals surface area contributed by atoms with Gasteiger partial charge in [0, 0.05) is 6.42 Å². The predicted molar refractivity (Wildman–Crippen MR) is 175 cm³/mol. The number of nitrogens with zero attached hydrogens (tertiary/aromatic N) is 1. The first-order valence-electron chi connectivity index (χ1n) is 14.3. The van der Waals surface area contributed by atoms with Crippen LogP contribution in [0.1, 0.15) is 75.5 Å². The number of methoxy groups -OCH3 is 2. The third kappa shape index (κ3) is 7.86. The van der Waals surface area contributed by atoms with Gasteiger partial charge in [-0.3, -0.25) is 4.79 Å². The van der Waals surface area contributed by atoms with Gasteiger partial charge in [0.25, 0.3) is 0 Å². The second kappa shape index (κ2) is 15.0. The first-order chi connectivity index (χ1) is 20.6. The summed E-state index contributed by atoms with van der Waals surface area (Å²) in [6, 6.07) is 19.7. The van der Waals surface area contributed by atoms with Crippen molar-refractivity contribution in [3.8, 4) is 11.5 Å². The molecule has 228 valence electrons. The highest BCUT2D eigenvalue weighted by atomic mass is 35.5. The average Bonchev–Trinajstić information content (AvgIpc) is 3.44. The van der Waals surface area contributed by atoms with Crippen LogP contribution in [-0.4, -0.2) is 30.1 Å². The fraction of sp³-hybridized carbons (Fsp3) is 0.353. The van der Waals surface area contributed by atoms with E-state index in [1.54, 1.807) is 14.2 Å². The van der Waals surface area contributed by atoms with Gasteiger partial charge in [0.2, 0.25) is 5.91 Å². The van der Waals surface area contributed by atoms with Gasteiger partial charge in [-0.25, -0.2) is 4.98 Å². The number of aromatic nitrogens is 2. The summed E-state index contributed by atoms with van der Waals surface area (Å²) in [5, 5.41) is 2.55. The van der Waals surface area contributed by atoms with E-state index >= 15 is 0 Å². The molecule has 0 saturated heterocycles. The minimum absolute atomic E-state index is 0.0626. The summed E-state index contributed by atoms with van der Waals surface area (Å²) >= 11 is 20.6. The number of halogens is 3. The van der Waals surface area contributed by atoms with Gasteiger partial charge in [-0.1, -0.05) is 73.1 Å². The molecule has 0 fully saturated rings. The lowest BCUT2D eigenvalue weighted by Crippen LogP contribution is -2.23. The van der Waals surface area contributed by atoms with Gasteiger partial charge < -0.3 is 19.8 Å². The zero-order chi connectivity index (χ0) is 31.1. The summed E-state index contributed by atoms with van der Waals surface area (Å²) in [4.78, 5) is 21.1. The molecule has 0 saturated carbocycles. The smallest absolute Gasteiger partial charge is 0.220 e. The summed E-state index contributed by atoms with van der Waals surface area (Å²) in [5.74, 6) is 1.87. The third-order valence-electron chi connectivity index (χ3n) is 7.68. The van der Waals surface area contributed by atoms with Gasteiger partial charge in [0.1, 0.15) is 16.6 Å². The van der Waals surface area contributed by atoms with E-state index in [0.717, 1.165) is 33.5 Å². The number of aryl methyl sites for hydroxylation is 2. The number of ether oxygens (including phenoxy) is 2. The van der Waals surface area contributed by atoms with Gasteiger partial charge in [-0.2, -0.15) is 0 Å². The first-order valence-corrected chi connectivity index (χ1v) is 15.5. The standard InChI is InChI=1S/C34H38Cl3N3O3/c1-20(18-23-15-16-26(42-4)34(43-5)29(23)35)14-17-28(41)38-19-27-39-32(30(36)24-12-8-6-10-21(24)2)33(40-27)31(37)25-13-9-7-11-22(25)3/h6-13,15-16,20,30-31H,14,17-19H2,1-5H3,(H,38,41)(H,39,40). The monoisotopic (exact) mass is 641 g/mol. The van der Waals surface area contributed by atoms with Crippen molar-refractivity contribution in [3.05, 3.63) is 111 Å². The predicted octanol–water partition coefficient (Wildman–Crippen LogP) is 8.63. The van der Waals surface area contributed by atoms with Crippen LogP contribution in [0.5, 0.6) is 11.5 Å². The number of carbonyl (C=O) groups excluding carboxylic acids is 1. The molecule has 1 amide bonds. The second-order valence-corrected chi connectivity index (χ2v) is 12.1. The first kappa shape index (κ1) is 32.7. The number of hydrogen-bond acceptors (Lipinski definition) is 4. The Morgan fingerprint density at radius 3 is 2.16 bits per heavy atom. The maximum absolute atomic E-state index is 12.8. The molecular weight excluding hydrogens is 605 g/mol. The van der Waals surface area contributed by atoms with Crippen LogP contribution in [0.3, 0.4) is 0 Å². The van der Waals surface area contributed by atoms with E-state index in [0.29, 0.717) is 47.3 Å². The van der Waals surface area contributed by atoms with Crippen LogP contribution < -0.4 is 14.8 Å². The summed E-state index contributed by atoms with van der Waals surface area (Å²) < 4.78 is 10.7. The summed E-state index contributed by atoms with van der Waals surface area (Å²) in [5.41, 5.74) is 6.41. The maximum atomic E-state index is 12.8. The molecule has 0 bridgehead atoms. The molecule has 0 aliphatic rings. The summed E-state index contributed by atoms with van der Waals surface area (Å²) in [6.07, 6.45) is 1.78. The summed E-state index contributed by atoms with van der Waals surface area (Å²) in [7, 11) is 3.15. The van der Waals surface area contributed by atoms with Crippen LogP contribution in [0.2, 0.25) is 5.02 Å². The lowest BCUT2D eigenvalue weighted by Gasteiger charge is -2.16. The second-order valence-electron chi connectivity index (χ2n) is 10.8. The van der Waals surface area contributed by atoms with Crippen molar-refractivity contribution < 1.29 is 14.3 Å². The van der Waals surface area contributed by atoms with Crippen LogP contribution in [0.4, 0.5) is 0 Å². The van der Waals surface area contributed by atoms with E-state index < -0.39 is 10.8 Å². The SMILES string of the molecule is COc1ccc(CC(C)CCC(=O)NCc2nc(C(Cl)c3ccccc3C)c(C(Cl)c3ccccc3C)[nH]2)c(Cl)c1OC. The normalized spacial score (nSPS) is 13.3. The zero-order valence-electron chi connectivity index (χ0n) is 25.1. The maximum Gasteiger partial charge on any atom is 0.220 e. The Morgan fingerprint density at radius 1 is 0.930 bits per heavy atom. The number of alkyl halides is 2. The van der Waals surface area contributed by atoms with Crippen molar-refractivity contribution >= 4 is 40.7 Å². The number of hydrogen-bond donors (Lipinski definition) is 2. The molecule has 0 spiro atoms. The van der Waals surface area contributed by atoms with Gasteiger partial charge >= 0.3 is 0 Å². The summed E-state index contributed by atoms with van der Waals surface area (Å²) in [6.45, 7) is 6.39. The molecular formula is C34H38Cl3N3O3. The largest absolute Gasteiger partial charge is 0.493 e. The van der Waals surface area contributed by atoms with Gasteiger partial charge in [0.05, 0.1) is 37.2 Å². The molecule has 4 rings (SSSR count). The number of rotatable bonds is 13. The molecule has 0 aliphatic carbocycles. The van der Waals surface area contributed by atoms with Crippen molar-refractivity contribution in [1.29, 1.82) is 0 Å². The third-order valence-corrected chi connectivity index (χ3v) is 8.99. The molecule has 4 aromatic rings. The van der Waals surface area contributed by atoms with Crippen molar-refractivity contribution in [1.82, 2.24) is 15.3 Å². The lowest BCUT2D eigenvalue weighted by molar-refractivity contribution is -0.121. The van der Waals surface area contributed by atoms with E-state index in [-0.39, 0.29) is 18.4 Å². The molecule has 1 heterocycles. The van der Waals surface area contributed by atoms with Crippen LogP contribution in [0.15, 0.2) is 60.7 Å². The number of nitrogens with one attached hydrogen (secondary N) is 2. The molecule has 0 aliphatic heterocycles. The van der Waals surface area contributed by atoms with E-state index in [4.69, 9.17) is 49.3 Å². The molecule has 2 N–H and O–H groups in total. The average molecular weight is 643 g/mol. The van der Waals surface area contributed by atoms with Gasteiger partial charge in [-0.05, 0) is 66.5 Å². The fourth-order valence-electron chi connectivity index (χ4n) is 5.18. The highest BCUT2D eigenvalue weighted by Crippen LogP contribution is 2.40. The number of amides is 1. The van der Waals surface area contributed by atoms with Crippen LogP contribution in [-0.2, 0) is 17.8 Å². The Labute approximate surface area is 269 Å². The number of benzene rings is 3. The van der Waals surface area contributed by atoms with E-state index in [2.05, 4.69) is 17.2 Å². The Kier molecular flexibility index (Phi) is 11.4. The van der Waals surface area contributed by atoms with E-state index in [9.17, 15) is 4.79 Å². The highest BCUT2D eigenvalue weighted by molar-refractivity contribution is 6.33. The van der Waals surface area contributed by atoms with E-state index in [1.807, 2.05) is 74.5 Å². The minimum atomic E-state index is -0.508. The lowest BCUT2D eigenvalue weighted by atomic mass is 9.96. The highest BCUT2D eigenvalue weighted by Gasteiger charge is 2.27.